The molecule has 2 bridgehead atoms. The SMILES string of the molecule is Cc1cc(NS(=O)(=O)C[C@]23CC[C@H](CC2=O)C3(C)C)cc(C)c1Oc1ccc(O)c(C(C)C)c1. The molecule has 2 aliphatic rings. The first-order chi connectivity index (χ1) is 15.8. The van der Waals surface area contributed by atoms with Crippen molar-refractivity contribution in [3.63, 3.8) is 0 Å². The predicted octanol–water partition coefficient (Wildman–Crippen LogP) is 6.06. The zero-order valence-electron chi connectivity index (χ0n) is 20.9. The number of aromatic hydroxyl groups is 1. The van der Waals surface area contributed by atoms with Crippen LogP contribution in [0.5, 0.6) is 17.2 Å². The van der Waals surface area contributed by atoms with Gasteiger partial charge in [-0.05, 0) is 85.4 Å². The lowest BCUT2D eigenvalue weighted by Crippen LogP contribution is -2.43. The summed E-state index contributed by atoms with van der Waals surface area (Å²) in [6.07, 6.45) is 2.04. The van der Waals surface area contributed by atoms with E-state index in [2.05, 4.69) is 4.72 Å². The van der Waals surface area contributed by atoms with E-state index >= 15 is 0 Å². The second-order valence-electron chi connectivity index (χ2n) is 10.9. The van der Waals surface area contributed by atoms with Gasteiger partial charge < -0.3 is 9.84 Å². The van der Waals surface area contributed by atoms with Crippen molar-refractivity contribution in [2.24, 2.45) is 16.7 Å². The van der Waals surface area contributed by atoms with E-state index in [1.807, 2.05) is 47.6 Å². The van der Waals surface area contributed by atoms with E-state index in [4.69, 9.17) is 4.74 Å². The van der Waals surface area contributed by atoms with E-state index in [-0.39, 0.29) is 34.5 Å². The van der Waals surface area contributed by atoms with Crippen LogP contribution >= 0.6 is 0 Å². The number of phenols is 1. The molecule has 0 spiro atoms. The molecule has 0 unspecified atom stereocenters. The van der Waals surface area contributed by atoms with Crippen LogP contribution < -0.4 is 9.46 Å². The van der Waals surface area contributed by atoms with Crippen LogP contribution in [0.25, 0.3) is 0 Å². The molecule has 2 aromatic carbocycles. The second-order valence-corrected chi connectivity index (χ2v) is 12.7. The molecular formula is C27H35NO5S. The van der Waals surface area contributed by atoms with Gasteiger partial charge in [-0.15, -0.1) is 0 Å². The number of carbonyl (C=O) groups is 1. The number of nitrogens with one attached hydrogen (secondary N) is 1. The Bertz CT molecular complexity index is 1220. The first-order valence-corrected chi connectivity index (χ1v) is 13.6. The number of anilines is 1. The maximum absolute atomic E-state index is 13.2. The van der Waals surface area contributed by atoms with Crippen LogP contribution in [0.15, 0.2) is 30.3 Å². The fourth-order valence-corrected chi connectivity index (χ4v) is 7.87. The topological polar surface area (TPSA) is 92.7 Å². The molecule has 0 aliphatic heterocycles. The summed E-state index contributed by atoms with van der Waals surface area (Å²) in [5.41, 5.74) is 1.73. The van der Waals surface area contributed by atoms with Gasteiger partial charge in [0, 0.05) is 17.7 Å². The van der Waals surface area contributed by atoms with E-state index in [9.17, 15) is 18.3 Å². The number of rotatable bonds is 7. The molecule has 6 nitrogen and oxygen atoms in total. The van der Waals surface area contributed by atoms with Gasteiger partial charge in [0.25, 0.3) is 0 Å². The molecule has 2 saturated carbocycles. The molecule has 7 heteroatoms. The molecule has 0 radical (unpaired) electrons. The van der Waals surface area contributed by atoms with Crippen LogP contribution in [0.2, 0.25) is 0 Å². The number of benzene rings is 2. The minimum absolute atomic E-state index is 0.0879. The average Bonchev–Trinajstić information content (AvgIpc) is 3.05. The Morgan fingerprint density at radius 1 is 1.15 bits per heavy atom. The summed E-state index contributed by atoms with van der Waals surface area (Å²) in [5, 5.41) is 10.1. The van der Waals surface area contributed by atoms with E-state index in [1.54, 1.807) is 24.3 Å². The van der Waals surface area contributed by atoms with Crippen LogP contribution in [-0.4, -0.2) is 25.1 Å². The quantitative estimate of drug-likeness (QED) is 0.497. The molecular weight excluding hydrogens is 450 g/mol. The molecule has 0 amide bonds. The third-order valence-corrected chi connectivity index (χ3v) is 9.57. The van der Waals surface area contributed by atoms with E-state index < -0.39 is 15.4 Å². The number of sulfonamides is 1. The lowest BCUT2D eigenvalue weighted by Gasteiger charge is -2.36. The number of fused-ring (bicyclic) bond motifs is 2. The summed E-state index contributed by atoms with van der Waals surface area (Å²) in [7, 11) is -3.73. The van der Waals surface area contributed by atoms with Gasteiger partial charge in [-0.25, -0.2) is 8.42 Å². The van der Waals surface area contributed by atoms with Gasteiger partial charge in [0.15, 0.2) is 0 Å². The fourth-order valence-electron chi connectivity index (χ4n) is 5.99. The summed E-state index contributed by atoms with van der Waals surface area (Å²) in [5.74, 6) is 1.82. The normalized spacial score (nSPS) is 23.5. The highest BCUT2D eigenvalue weighted by Gasteiger charge is 2.65. The second kappa shape index (κ2) is 8.29. The summed E-state index contributed by atoms with van der Waals surface area (Å²) in [4.78, 5) is 12.8. The lowest BCUT2D eigenvalue weighted by molar-refractivity contribution is -0.128. The van der Waals surface area contributed by atoms with Gasteiger partial charge in [-0.3, -0.25) is 9.52 Å². The van der Waals surface area contributed by atoms with Gasteiger partial charge in [0.05, 0.1) is 11.2 Å². The Morgan fingerprint density at radius 3 is 2.32 bits per heavy atom. The van der Waals surface area contributed by atoms with Gasteiger partial charge in [-0.1, -0.05) is 27.7 Å². The van der Waals surface area contributed by atoms with Gasteiger partial charge in [-0.2, -0.15) is 0 Å². The molecule has 0 heterocycles. The highest BCUT2D eigenvalue weighted by Crippen LogP contribution is 2.64. The molecule has 2 aliphatic carbocycles. The van der Waals surface area contributed by atoms with Gasteiger partial charge in [0.2, 0.25) is 10.0 Å². The molecule has 4 rings (SSSR count). The van der Waals surface area contributed by atoms with Gasteiger partial charge >= 0.3 is 0 Å². The van der Waals surface area contributed by atoms with E-state index in [0.717, 1.165) is 23.1 Å². The summed E-state index contributed by atoms with van der Waals surface area (Å²) < 4.78 is 35.2. The maximum Gasteiger partial charge on any atom is 0.233 e. The molecule has 2 N–H and O–H groups in total. The largest absolute Gasteiger partial charge is 0.508 e. The molecule has 2 aromatic rings. The summed E-state index contributed by atoms with van der Waals surface area (Å²) in [6, 6.07) is 8.66. The highest BCUT2D eigenvalue weighted by atomic mass is 32.2. The number of ether oxygens (including phenoxy) is 1. The minimum atomic E-state index is -3.73. The number of carbonyl (C=O) groups excluding carboxylic acids is 1. The smallest absolute Gasteiger partial charge is 0.233 e. The van der Waals surface area contributed by atoms with Crippen LogP contribution in [0.4, 0.5) is 5.69 Å². The van der Waals surface area contributed by atoms with Crippen molar-refractivity contribution in [3.05, 3.63) is 47.0 Å². The molecule has 2 fully saturated rings. The zero-order chi connectivity index (χ0) is 25.1. The van der Waals surface area contributed by atoms with Crippen molar-refractivity contribution < 1.29 is 23.1 Å². The number of hydrogen-bond donors (Lipinski definition) is 2. The number of aryl methyl sites for hydroxylation is 2. The molecule has 0 saturated heterocycles. The Morgan fingerprint density at radius 2 is 1.79 bits per heavy atom. The minimum Gasteiger partial charge on any atom is -0.508 e. The molecule has 2 atom stereocenters. The van der Waals surface area contributed by atoms with Crippen LogP contribution in [0, 0.1) is 30.6 Å². The van der Waals surface area contributed by atoms with E-state index in [1.165, 1.54) is 0 Å². The Hall–Kier alpha value is -2.54. The first-order valence-electron chi connectivity index (χ1n) is 11.9. The van der Waals surface area contributed by atoms with Crippen LogP contribution in [0.1, 0.15) is 69.6 Å². The number of hydrogen-bond acceptors (Lipinski definition) is 5. The average molecular weight is 486 g/mol. The predicted molar refractivity (Wildman–Crippen MR) is 134 cm³/mol. The van der Waals surface area contributed by atoms with Crippen molar-refractivity contribution in [1.29, 1.82) is 0 Å². The highest BCUT2D eigenvalue weighted by molar-refractivity contribution is 7.92. The van der Waals surface area contributed by atoms with Crippen molar-refractivity contribution in [3.8, 4) is 17.2 Å². The third kappa shape index (κ3) is 4.08. The maximum atomic E-state index is 13.2. The van der Waals surface area contributed by atoms with Gasteiger partial charge in [0.1, 0.15) is 23.0 Å². The standard InChI is InChI=1S/C27H35NO5S/c1-16(2)22-14-21(7-8-23(22)29)33-25-17(3)11-20(12-18(25)4)28-34(31,32)15-27-10-9-19(13-24(27)30)26(27,5)6/h7-8,11-12,14,16,19,28-29H,9-10,13,15H2,1-6H3/t19-,27-/m1/s1. The van der Waals surface area contributed by atoms with Crippen LogP contribution in [-0.2, 0) is 14.8 Å². The monoisotopic (exact) mass is 485 g/mol. The molecule has 184 valence electrons. The summed E-state index contributed by atoms with van der Waals surface area (Å²) in [6.45, 7) is 11.8. The van der Waals surface area contributed by atoms with Crippen molar-refractivity contribution >= 4 is 21.5 Å². The molecule has 34 heavy (non-hydrogen) atoms. The Labute approximate surface area is 202 Å². The Balaban J connectivity index is 1.56. The fraction of sp³-hybridized carbons (Fsp3) is 0.519. The zero-order valence-corrected chi connectivity index (χ0v) is 21.7. The van der Waals surface area contributed by atoms with Crippen molar-refractivity contribution in [2.45, 2.75) is 66.7 Å². The first kappa shape index (κ1) is 24.6. The van der Waals surface area contributed by atoms with E-state index in [0.29, 0.717) is 30.0 Å². The molecule has 0 aromatic heterocycles. The Kier molecular flexibility index (Phi) is 6.00. The lowest BCUT2D eigenvalue weighted by atomic mass is 9.70. The van der Waals surface area contributed by atoms with Crippen molar-refractivity contribution in [2.75, 3.05) is 10.5 Å². The van der Waals surface area contributed by atoms with Crippen molar-refractivity contribution in [1.82, 2.24) is 0 Å². The van der Waals surface area contributed by atoms with Crippen LogP contribution in [0.3, 0.4) is 0 Å². The number of phenolic OH excluding ortho intramolecular Hbond substituents is 1. The third-order valence-electron chi connectivity index (χ3n) is 8.15. The summed E-state index contributed by atoms with van der Waals surface area (Å²) >= 11 is 0. The number of Topliss-reactive ketones (excluding diaryl/α,β-unsaturated/α-hetero) is 1. The number of ketones is 1.